The van der Waals surface area contributed by atoms with Gasteiger partial charge in [0.15, 0.2) is 0 Å². The van der Waals surface area contributed by atoms with Gasteiger partial charge in [-0.3, -0.25) is 9.89 Å². The molecule has 0 saturated heterocycles. The van der Waals surface area contributed by atoms with Gasteiger partial charge in [0.1, 0.15) is 5.69 Å². The molecule has 0 atom stereocenters. The van der Waals surface area contributed by atoms with Crippen LogP contribution in [0.5, 0.6) is 0 Å². The van der Waals surface area contributed by atoms with Crippen LogP contribution in [0.3, 0.4) is 0 Å². The van der Waals surface area contributed by atoms with Crippen molar-refractivity contribution in [1.82, 2.24) is 15.5 Å². The van der Waals surface area contributed by atoms with Crippen molar-refractivity contribution in [2.45, 2.75) is 13.5 Å². The fraction of sp³-hybridized carbons (Fsp3) is 0.111. The van der Waals surface area contributed by atoms with E-state index in [-0.39, 0.29) is 5.91 Å². The molecule has 0 unspecified atom stereocenters. The van der Waals surface area contributed by atoms with E-state index >= 15 is 0 Å². The summed E-state index contributed by atoms with van der Waals surface area (Å²) in [6.07, 6.45) is 0. The Kier molecular flexibility index (Phi) is 4.57. The van der Waals surface area contributed by atoms with E-state index in [4.69, 9.17) is 0 Å². The Morgan fingerprint density at radius 1 is 1.13 bits per heavy atom. The van der Waals surface area contributed by atoms with Crippen LogP contribution in [0.1, 0.15) is 21.6 Å². The number of hydrogen-bond acceptors (Lipinski definition) is 2. The predicted octanol–water partition coefficient (Wildman–Crippen LogP) is 4.08. The molecule has 0 spiro atoms. The quantitative estimate of drug-likeness (QED) is 0.727. The number of halogens is 1. The average molecular weight is 370 g/mol. The maximum Gasteiger partial charge on any atom is 0.269 e. The Morgan fingerprint density at radius 3 is 2.52 bits per heavy atom. The van der Waals surface area contributed by atoms with Gasteiger partial charge in [0.25, 0.3) is 5.91 Å². The van der Waals surface area contributed by atoms with Crippen LogP contribution in [-0.4, -0.2) is 16.1 Å². The van der Waals surface area contributed by atoms with Crippen molar-refractivity contribution in [3.8, 4) is 11.3 Å². The van der Waals surface area contributed by atoms with E-state index in [1.54, 1.807) is 6.07 Å². The summed E-state index contributed by atoms with van der Waals surface area (Å²) in [5.74, 6) is -0.168. The number of benzene rings is 2. The number of carbonyl (C=O) groups is 1. The largest absolute Gasteiger partial charge is 0.347 e. The van der Waals surface area contributed by atoms with Crippen LogP contribution in [-0.2, 0) is 6.54 Å². The average Bonchev–Trinajstić information content (AvgIpc) is 3.05. The second-order valence-corrected chi connectivity index (χ2v) is 6.26. The van der Waals surface area contributed by atoms with E-state index in [1.165, 1.54) is 5.56 Å². The Labute approximate surface area is 143 Å². The molecule has 1 heterocycles. The lowest BCUT2D eigenvalue weighted by Crippen LogP contribution is -2.23. The monoisotopic (exact) mass is 369 g/mol. The molecule has 0 aliphatic heterocycles. The summed E-state index contributed by atoms with van der Waals surface area (Å²) >= 11 is 3.39. The number of H-pyrrole nitrogens is 1. The molecular weight excluding hydrogens is 354 g/mol. The zero-order valence-electron chi connectivity index (χ0n) is 12.6. The number of aryl methyl sites for hydroxylation is 1. The molecule has 0 aliphatic rings. The Balaban J connectivity index is 1.66. The minimum Gasteiger partial charge on any atom is -0.347 e. The molecule has 116 valence electrons. The number of hydrogen-bond donors (Lipinski definition) is 2. The van der Waals surface area contributed by atoms with Crippen molar-refractivity contribution in [2.24, 2.45) is 0 Å². The first-order valence-corrected chi connectivity index (χ1v) is 8.06. The SMILES string of the molecule is Cc1ccc(-c2cc(C(=O)NCc3ccc(Br)cc3)[nH]n2)cc1. The molecule has 0 radical (unpaired) electrons. The standard InChI is InChI=1S/C18H16BrN3O/c1-12-2-6-14(7-3-12)16-10-17(22-21-16)18(23)20-11-13-4-8-15(19)9-5-13/h2-10H,11H2,1H3,(H,20,23)(H,21,22). The Morgan fingerprint density at radius 2 is 1.83 bits per heavy atom. The van der Waals surface area contributed by atoms with Crippen molar-refractivity contribution < 1.29 is 4.79 Å². The van der Waals surface area contributed by atoms with Crippen LogP contribution in [0.15, 0.2) is 59.1 Å². The maximum atomic E-state index is 12.2. The highest BCUT2D eigenvalue weighted by atomic mass is 79.9. The fourth-order valence-electron chi connectivity index (χ4n) is 2.19. The minimum absolute atomic E-state index is 0.168. The number of amides is 1. The lowest BCUT2D eigenvalue weighted by atomic mass is 10.1. The van der Waals surface area contributed by atoms with Crippen LogP contribution in [0.25, 0.3) is 11.3 Å². The molecule has 3 rings (SSSR count). The molecular formula is C18H16BrN3O. The molecule has 1 aromatic heterocycles. The molecule has 5 heteroatoms. The third kappa shape index (κ3) is 3.87. The van der Waals surface area contributed by atoms with E-state index in [1.807, 2.05) is 55.5 Å². The Hall–Kier alpha value is -2.40. The van der Waals surface area contributed by atoms with Gasteiger partial charge in [-0.05, 0) is 30.7 Å². The first-order valence-electron chi connectivity index (χ1n) is 7.27. The molecule has 2 aromatic carbocycles. The van der Waals surface area contributed by atoms with Crippen LogP contribution in [0.2, 0.25) is 0 Å². The molecule has 2 N–H and O–H groups in total. The summed E-state index contributed by atoms with van der Waals surface area (Å²) in [4.78, 5) is 12.2. The summed E-state index contributed by atoms with van der Waals surface area (Å²) < 4.78 is 1.02. The molecule has 23 heavy (non-hydrogen) atoms. The fourth-order valence-corrected chi connectivity index (χ4v) is 2.45. The maximum absolute atomic E-state index is 12.2. The zero-order chi connectivity index (χ0) is 16.2. The van der Waals surface area contributed by atoms with Crippen LogP contribution >= 0.6 is 15.9 Å². The van der Waals surface area contributed by atoms with E-state index < -0.39 is 0 Å². The lowest BCUT2D eigenvalue weighted by Gasteiger charge is -2.03. The lowest BCUT2D eigenvalue weighted by molar-refractivity contribution is 0.0946. The predicted molar refractivity (Wildman–Crippen MR) is 94.1 cm³/mol. The van der Waals surface area contributed by atoms with Gasteiger partial charge >= 0.3 is 0 Å². The van der Waals surface area contributed by atoms with Crippen molar-refractivity contribution in [3.05, 3.63) is 75.9 Å². The second kappa shape index (κ2) is 6.79. The zero-order valence-corrected chi connectivity index (χ0v) is 14.2. The molecule has 3 aromatic rings. The van der Waals surface area contributed by atoms with Gasteiger partial charge in [0, 0.05) is 16.6 Å². The summed E-state index contributed by atoms with van der Waals surface area (Å²) in [5, 5.41) is 9.89. The molecule has 0 aliphatic carbocycles. The van der Waals surface area contributed by atoms with Crippen molar-refractivity contribution in [1.29, 1.82) is 0 Å². The number of nitrogens with one attached hydrogen (secondary N) is 2. The van der Waals surface area contributed by atoms with Crippen LogP contribution in [0.4, 0.5) is 0 Å². The van der Waals surface area contributed by atoms with Gasteiger partial charge in [-0.2, -0.15) is 5.10 Å². The number of aromatic amines is 1. The normalized spacial score (nSPS) is 10.5. The van der Waals surface area contributed by atoms with Crippen LogP contribution < -0.4 is 5.32 Å². The van der Waals surface area contributed by atoms with Gasteiger partial charge < -0.3 is 5.32 Å². The third-order valence-electron chi connectivity index (χ3n) is 3.54. The summed E-state index contributed by atoms with van der Waals surface area (Å²) in [6.45, 7) is 2.51. The minimum atomic E-state index is -0.168. The van der Waals surface area contributed by atoms with Gasteiger partial charge in [0.05, 0.1) is 5.69 Å². The highest BCUT2D eigenvalue weighted by Gasteiger charge is 2.10. The highest BCUT2D eigenvalue weighted by molar-refractivity contribution is 9.10. The summed E-state index contributed by atoms with van der Waals surface area (Å²) in [7, 11) is 0. The Bertz CT molecular complexity index is 807. The topological polar surface area (TPSA) is 57.8 Å². The number of aromatic nitrogens is 2. The summed E-state index contributed by atoms with van der Waals surface area (Å²) in [5.41, 5.74) is 4.44. The molecule has 4 nitrogen and oxygen atoms in total. The van der Waals surface area contributed by atoms with E-state index in [9.17, 15) is 4.79 Å². The van der Waals surface area contributed by atoms with Gasteiger partial charge in [0.2, 0.25) is 0 Å². The first kappa shape index (κ1) is 15.5. The number of rotatable bonds is 4. The van der Waals surface area contributed by atoms with Gasteiger partial charge in [-0.25, -0.2) is 0 Å². The van der Waals surface area contributed by atoms with Gasteiger partial charge in [-0.1, -0.05) is 57.9 Å². The second-order valence-electron chi connectivity index (χ2n) is 5.34. The van der Waals surface area contributed by atoms with Crippen molar-refractivity contribution in [3.63, 3.8) is 0 Å². The third-order valence-corrected chi connectivity index (χ3v) is 4.06. The van der Waals surface area contributed by atoms with Crippen LogP contribution in [0, 0.1) is 6.92 Å². The summed E-state index contributed by atoms with van der Waals surface area (Å²) in [6, 6.07) is 17.6. The van der Waals surface area contributed by atoms with E-state index in [2.05, 4.69) is 31.4 Å². The first-order chi connectivity index (χ1) is 11.1. The molecule has 0 bridgehead atoms. The number of carbonyl (C=O) groups excluding carboxylic acids is 1. The van der Waals surface area contributed by atoms with E-state index in [0.29, 0.717) is 12.2 Å². The molecule has 0 saturated carbocycles. The number of nitrogens with zero attached hydrogens (tertiary/aromatic N) is 1. The highest BCUT2D eigenvalue weighted by Crippen LogP contribution is 2.18. The molecule has 0 fully saturated rings. The van der Waals surface area contributed by atoms with Crippen molar-refractivity contribution in [2.75, 3.05) is 0 Å². The molecule has 1 amide bonds. The van der Waals surface area contributed by atoms with E-state index in [0.717, 1.165) is 21.3 Å². The smallest absolute Gasteiger partial charge is 0.269 e. The van der Waals surface area contributed by atoms with Gasteiger partial charge in [-0.15, -0.1) is 0 Å². The van der Waals surface area contributed by atoms with Crippen molar-refractivity contribution >= 4 is 21.8 Å².